The van der Waals surface area contributed by atoms with E-state index in [4.69, 9.17) is 0 Å². The average Bonchev–Trinajstić information content (AvgIpc) is 3.18. The monoisotopic (exact) mass is 286 g/mol. The summed E-state index contributed by atoms with van der Waals surface area (Å²) in [6, 6.07) is 9.98. The van der Waals surface area contributed by atoms with Crippen LogP contribution in [0.3, 0.4) is 0 Å². The van der Waals surface area contributed by atoms with Crippen LogP contribution in [0.25, 0.3) is 0 Å². The minimum Gasteiger partial charge on any atom is -0.273 e. The van der Waals surface area contributed by atoms with Gasteiger partial charge in [-0.15, -0.1) is 0 Å². The van der Waals surface area contributed by atoms with E-state index in [1.54, 1.807) is 10.0 Å². The molecule has 1 aromatic rings. The van der Waals surface area contributed by atoms with Gasteiger partial charge in [0, 0.05) is 19.5 Å². The summed E-state index contributed by atoms with van der Waals surface area (Å²) >= 11 is 0. The second-order valence-corrected chi connectivity index (χ2v) is 6.00. The summed E-state index contributed by atoms with van der Waals surface area (Å²) < 4.78 is 0. The highest BCUT2D eigenvalue weighted by Gasteiger charge is 2.54. The van der Waals surface area contributed by atoms with Crippen LogP contribution in [-0.2, 0) is 15.0 Å². The van der Waals surface area contributed by atoms with Gasteiger partial charge in [0.1, 0.15) is 0 Å². The Balaban J connectivity index is 1.80. The number of carbonyl (C=O) groups excluding carboxylic acids is 2. The van der Waals surface area contributed by atoms with Crippen LogP contribution < -0.4 is 0 Å². The van der Waals surface area contributed by atoms with Gasteiger partial charge in [0.2, 0.25) is 5.91 Å². The maximum Gasteiger partial charge on any atom is 0.251 e. The van der Waals surface area contributed by atoms with Crippen molar-refractivity contribution < 1.29 is 9.59 Å². The van der Waals surface area contributed by atoms with Crippen molar-refractivity contribution in [1.82, 2.24) is 10.0 Å². The molecule has 0 N–H and O–H groups in total. The zero-order chi connectivity index (χ0) is 14.9. The lowest BCUT2D eigenvalue weighted by Gasteiger charge is -2.31. The first-order valence-corrected chi connectivity index (χ1v) is 7.87. The summed E-state index contributed by atoms with van der Waals surface area (Å²) in [5, 5.41) is 3.38. The molecule has 0 atom stereocenters. The summed E-state index contributed by atoms with van der Waals surface area (Å²) in [5.41, 5.74) is 0.709. The topological polar surface area (TPSA) is 40.6 Å². The fourth-order valence-corrected chi connectivity index (χ4v) is 3.18. The summed E-state index contributed by atoms with van der Waals surface area (Å²) in [6.45, 7) is 3.34. The number of hydrogen-bond donors (Lipinski definition) is 0. The third-order valence-corrected chi connectivity index (χ3v) is 4.50. The van der Waals surface area contributed by atoms with E-state index in [0.29, 0.717) is 19.5 Å². The first-order valence-electron chi connectivity index (χ1n) is 7.87. The number of carbonyl (C=O) groups is 2. The number of nitrogens with zero attached hydrogens (tertiary/aromatic N) is 2. The summed E-state index contributed by atoms with van der Waals surface area (Å²) in [7, 11) is 0. The molecule has 0 spiro atoms. The SMILES string of the molecule is CCCC(=O)N1CCCN1C(=O)C1(c2ccccc2)CC1. The predicted molar refractivity (Wildman–Crippen MR) is 80.3 cm³/mol. The predicted octanol–water partition coefficient (Wildman–Crippen LogP) is 2.49. The van der Waals surface area contributed by atoms with Crippen LogP contribution in [0, 0.1) is 0 Å². The van der Waals surface area contributed by atoms with Crippen molar-refractivity contribution in [3.63, 3.8) is 0 Å². The van der Waals surface area contributed by atoms with Crippen molar-refractivity contribution in [2.45, 2.75) is 44.4 Å². The van der Waals surface area contributed by atoms with Crippen LogP contribution in [0.4, 0.5) is 0 Å². The normalized spacial score (nSPS) is 19.7. The van der Waals surface area contributed by atoms with Crippen LogP contribution in [0.1, 0.15) is 44.6 Å². The van der Waals surface area contributed by atoms with E-state index in [1.807, 2.05) is 37.3 Å². The molecular weight excluding hydrogens is 264 g/mol. The Hall–Kier alpha value is -1.84. The third kappa shape index (κ3) is 2.43. The summed E-state index contributed by atoms with van der Waals surface area (Å²) in [4.78, 5) is 25.2. The van der Waals surface area contributed by atoms with Gasteiger partial charge in [-0.3, -0.25) is 19.6 Å². The molecule has 3 rings (SSSR count). The van der Waals surface area contributed by atoms with Gasteiger partial charge in [0.05, 0.1) is 5.41 Å². The van der Waals surface area contributed by atoms with Crippen molar-refractivity contribution in [3.05, 3.63) is 35.9 Å². The number of amides is 2. The molecule has 21 heavy (non-hydrogen) atoms. The van der Waals surface area contributed by atoms with E-state index in [-0.39, 0.29) is 17.2 Å². The standard InChI is InChI=1S/C17H22N2O2/c1-2-7-15(20)18-12-6-13-19(18)16(21)17(10-11-17)14-8-4-3-5-9-14/h3-5,8-9H,2,6-7,10-13H2,1H3. The number of hydrogen-bond acceptors (Lipinski definition) is 2. The smallest absolute Gasteiger partial charge is 0.251 e. The zero-order valence-electron chi connectivity index (χ0n) is 12.5. The Morgan fingerprint density at radius 1 is 1.10 bits per heavy atom. The Labute approximate surface area is 125 Å². The molecule has 1 aliphatic carbocycles. The highest BCUT2D eigenvalue weighted by molar-refractivity contribution is 5.93. The molecule has 0 radical (unpaired) electrons. The number of rotatable bonds is 4. The van der Waals surface area contributed by atoms with Gasteiger partial charge in [-0.2, -0.15) is 0 Å². The molecular formula is C17H22N2O2. The lowest BCUT2D eigenvalue weighted by atomic mass is 9.95. The minimum absolute atomic E-state index is 0.0761. The van der Waals surface area contributed by atoms with Crippen molar-refractivity contribution in [2.24, 2.45) is 0 Å². The second-order valence-electron chi connectivity index (χ2n) is 6.00. The van der Waals surface area contributed by atoms with Gasteiger partial charge >= 0.3 is 0 Å². The van der Waals surface area contributed by atoms with E-state index < -0.39 is 0 Å². The van der Waals surface area contributed by atoms with Crippen molar-refractivity contribution in [2.75, 3.05) is 13.1 Å². The highest BCUT2D eigenvalue weighted by atomic mass is 16.2. The van der Waals surface area contributed by atoms with Crippen molar-refractivity contribution >= 4 is 11.8 Å². The van der Waals surface area contributed by atoms with Crippen LogP contribution >= 0.6 is 0 Å². The average molecular weight is 286 g/mol. The quantitative estimate of drug-likeness (QED) is 0.853. The molecule has 2 aliphatic rings. The first-order chi connectivity index (χ1) is 10.2. The van der Waals surface area contributed by atoms with Gasteiger partial charge in [0.15, 0.2) is 0 Å². The minimum atomic E-state index is -0.379. The highest BCUT2D eigenvalue weighted by Crippen LogP contribution is 2.50. The summed E-state index contributed by atoms with van der Waals surface area (Å²) in [5.74, 6) is 0.183. The van der Waals surface area contributed by atoms with E-state index in [0.717, 1.165) is 31.2 Å². The lowest BCUT2D eigenvalue weighted by Crippen LogP contribution is -2.48. The molecule has 1 saturated carbocycles. The van der Waals surface area contributed by atoms with Crippen LogP contribution in [0.5, 0.6) is 0 Å². The zero-order valence-corrected chi connectivity index (χ0v) is 12.5. The molecule has 1 aromatic carbocycles. The lowest BCUT2D eigenvalue weighted by molar-refractivity contribution is -0.159. The van der Waals surface area contributed by atoms with Gasteiger partial charge < -0.3 is 0 Å². The number of benzene rings is 1. The molecule has 4 heteroatoms. The van der Waals surface area contributed by atoms with Crippen LogP contribution in [-0.4, -0.2) is 34.9 Å². The van der Waals surface area contributed by atoms with E-state index >= 15 is 0 Å². The molecule has 4 nitrogen and oxygen atoms in total. The van der Waals surface area contributed by atoms with E-state index in [9.17, 15) is 9.59 Å². The Morgan fingerprint density at radius 3 is 2.38 bits per heavy atom. The molecule has 1 aliphatic heterocycles. The second kappa shape index (κ2) is 5.51. The van der Waals surface area contributed by atoms with Gasteiger partial charge in [-0.25, -0.2) is 0 Å². The van der Waals surface area contributed by atoms with Gasteiger partial charge in [0.25, 0.3) is 5.91 Å². The number of hydrazine groups is 1. The molecule has 0 unspecified atom stereocenters. The summed E-state index contributed by atoms with van der Waals surface area (Å²) in [6.07, 6.45) is 4.00. The first kappa shape index (κ1) is 14.1. The van der Waals surface area contributed by atoms with Crippen molar-refractivity contribution in [3.8, 4) is 0 Å². The molecule has 0 aromatic heterocycles. The van der Waals surface area contributed by atoms with Crippen molar-refractivity contribution in [1.29, 1.82) is 0 Å². The molecule has 1 saturated heterocycles. The fraction of sp³-hybridized carbons (Fsp3) is 0.529. The van der Waals surface area contributed by atoms with Gasteiger partial charge in [-0.05, 0) is 31.2 Å². The Morgan fingerprint density at radius 2 is 1.76 bits per heavy atom. The molecule has 2 amide bonds. The maximum atomic E-state index is 13.0. The third-order valence-electron chi connectivity index (χ3n) is 4.50. The largest absolute Gasteiger partial charge is 0.273 e. The molecule has 112 valence electrons. The molecule has 1 heterocycles. The van der Waals surface area contributed by atoms with E-state index in [2.05, 4.69) is 0 Å². The molecule has 2 fully saturated rings. The Kier molecular flexibility index (Phi) is 3.70. The van der Waals surface area contributed by atoms with Crippen LogP contribution in [0.2, 0.25) is 0 Å². The Bertz CT molecular complexity index is 537. The maximum absolute atomic E-state index is 13.0. The van der Waals surface area contributed by atoms with Gasteiger partial charge in [-0.1, -0.05) is 37.3 Å². The van der Waals surface area contributed by atoms with E-state index in [1.165, 1.54) is 0 Å². The molecule has 0 bridgehead atoms. The van der Waals surface area contributed by atoms with Crippen LogP contribution in [0.15, 0.2) is 30.3 Å². The fourth-order valence-electron chi connectivity index (χ4n) is 3.18.